The Morgan fingerprint density at radius 3 is 2.90 bits per heavy atom. The summed E-state index contributed by atoms with van der Waals surface area (Å²) >= 11 is 1.56. The number of anilines is 1. The van der Waals surface area contributed by atoms with Gasteiger partial charge in [-0.15, -0.1) is 10.2 Å². The van der Waals surface area contributed by atoms with Crippen molar-refractivity contribution in [3.8, 4) is 10.7 Å². The molecule has 1 spiro atoms. The fourth-order valence-electron chi connectivity index (χ4n) is 2.82. The van der Waals surface area contributed by atoms with Crippen LogP contribution < -0.4 is 4.90 Å². The number of hydrogen-bond acceptors (Lipinski definition) is 7. The van der Waals surface area contributed by atoms with Gasteiger partial charge in [-0.3, -0.25) is 4.98 Å². The molecule has 0 radical (unpaired) electrons. The summed E-state index contributed by atoms with van der Waals surface area (Å²) in [5.41, 5.74) is 0.862. The standard InChI is InChI=1S/C14H16N4O2S/c1-2-6-15-11(4-1)12-16-17-13(21-12)18-7-3-5-14(10-18)19-8-9-20-14/h1-2,4,6H,3,5,7-10H2. The van der Waals surface area contributed by atoms with Crippen molar-refractivity contribution < 1.29 is 9.47 Å². The Morgan fingerprint density at radius 2 is 2.10 bits per heavy atom. The van der Waals surface area contributed by atoms with Gasteiger partial charge in [0.25, 0.3) is 0 Å². The molecule has 2 aromatic heterocycles. The summed E-state index contributed by atoms with van der Waals surface area (Å²) in [4.78, 5) is 6.53. The van der Waals surface area contributed by atoms with Crippen molar-refractivity contribution in [2.45, 2.75) is 18.6 Å². The lowest BCUT2D eigenvalue weighted by Crippen LogP contribution is -2.49. The van der Waals surface area contributed by atoms with E-state index in [0.29, 0.717) is 13.2 Å². The van der Waals surface area contributed by atoms with Gasteiger partial charge >= 0.3 is 0 Å². The molecule has 6 nitrogen and oxygen atoms in total. The van der Waals surface area contributed by atoms with Crippen molar-refractivity contribution in [2.24, 2.45) is 0 Å². The van der Waals surface area contributed by atoms with Crippen molar-refractivity contribution in [3.05, 3.63) is 24.4 Å². The molecule has 0 aliphatic carbocycles. The van der Waals surface area contributed by atoms with Crippen LogP contribution in [-0.4, -0.2) is 47.3 Å². The van der Waals surface area contributed by atoms with E-state index in [9.17, 15) is 0 Å². The highest BCUT2D eigenvalue weighted by Gasteiger charge is 2.41. The van der Waals surface area contributed by atoms with Crippen LogP contribution >= 0.6 is 11.3 Å². The average Bonchev–Trinajstić information content (AvgIpc) is 3.18. The SMILES string of the molecule is c1ccc(-c2nnc(N3CCCC4(C3)OCCO4)s2)nc1. The summed E-state index contributed by atoms with van der Waals surface area (Å²) < 4.78 is 11.6. The monoisotopic (exact) mass is 304 g/mol. The van der Waals surface area contributed by atoms with Gasteiger partial charge in [0.15, 0.2) is 10.8 Å². The molecule has 2 aromatic rings. The highest BCUT2D eigenvalue weighted by Crippen LogP contribution is 2.35. The zero-order valence-corrected chi connectivity index (χ0v) is 12.4. The van der Waals surface area contributed by atoms with Crippen molar-refractivity contribution in [1.82, 2.24) is 15.2 Å². The number of aromatic nitrogens is 3. The molecule has 0 bridgehead atoms. The molecule has 0 aromatic carbocycles. The van der Waals surface area contributed by atoms with Gasteiger partial charge in [0, 0.05) is 19.2 Å². The van der Waals surface area contributed by atoms with E-state index in [1.165, 1.54) is 0 Å². The van der Waals surface area contributed by atoms with E-state index < -0.39 is 5.79 Å². The van der Waals surface area contributed by atoms with E-state index in [0.717, 1.165) is 41.8 Å². The fraction of sp³-hybridized carbons (Fsp3) is 0.500. The normalized spacial score (nSPS) is 21.0. The first-order valence-corrected chi connectivity index (χ1v) is 7.94. The third-order valence-corrected chi connectivity index (χ3v) is 4.81. The Balaban J connectivity index is 1.55. The second-order valence-electron chi connectivity index (χ2n) is 5.24. The number of nitrogens with zero attached hydrogens (tertiary/aromatic N) is 4. The number of ether oxygens (including phenoxy) is 2. The molecule has 0 saturated carbocycles. The largest absolute Gasteiger partial charge is 0.346 e. The van der Waals surface area contributed by atoms with Crippen LogP contribution in [0.5, 0.6) is 0 Å². The van der Waals surface area contributed by atoms with Crippen molar-refractivity contribution in [3.63, 3.8) is 0 Å². The maximum absolute atomic E-state index is 5.80. The Kier molecular flexibility index (Phi) is 3.33. The predicted octanol–water partition coefficient (Wildman–Crippen LogP) is 1.94. The smallest absolute Gasteiger partial charge is 0.208 e. The zero-order valence-electron chi connectivity index (χ0n) is 11.6. The first-order valence-electron chi connectivity index (χ1n) is 7.12. The molecule has 110 valence electrons. The van der Waals surface area contributed by atoms with Gasteiger partial charge in [-0.2, -0.15) is 0 Å². The number of rotatable bonds is 2. The van der Waals surface area contributed by atoms with Gasteiger partial charge in [0.05, 0.1) is 19.8 Å². The predicted molar refractivity (Wildman–Crippen MR) is 79.2 cm³/mol. The van der Waals surface area contributed by atoms with Gasteiger partial charge in [0.2, 0.25) is 5.13 Å². The lowest BCUT2D eigenvalue weighted by Gasteiger charge is -2.38. The molecule has 4 rings (SSSR count). The maximum atomic E-state index is 5.80. The molecule has 0 atom stereocenters. The topological polar surface area (TPSA) is 60.4 Å². The van der Waals surface area contributed by atoms with Crippen LogP contribution in [0.15, 0.2) is 24.4 Å². The highest BCUT2D eigenvalue weighted by molar-refractivity contribution is 7.18. The van der Waals surface area contributed by atoms with E-state index in [4.69, 9.17) is 9.47 Å². The minimum absolute atomic E-state index is 0.435. The van der Waals surface area contributed by atoms with Crippen LogP contribution in [-0.2, 0) is 9.47 Å². The molecular weight excluding hydrogens is 288 g/mol. The van der Waals surface area contributed by atoms with Gasteiger partial charge in [-0.1, -0.05) is 17.4 Å². The van der Waals surface area contributed by atoms with E-state index in [1.807, 2.05) is 18.2 Å². The van der Waals surface area contributed by atoms with Gasteiger partial charge < -0.3 is 14.4 Å². The van der Waals surface area contributed by atoms with Crippen LogP contribution in [0.1, 0.15) is 12.8 Å². The van der Waals surface area contributed by atoms with Crippen LogP contribution in [0.4, 0.5) is 5.13 Å². The van der Waals surface area contributed by atoms with Gasteiger partial charge in [-0.05, 0) is 18.6 Å². The Labute approximate surface area is 126 Å². The summed E-state index contributed by atoms with van der Waals surface area (Å²) in [5, 5.41) is 10.3. The van der Waals surface area contributed by atoms with Crippen molar-refractivity contribution in [1.29, 1.82) is 0 Å². The third-order valence-electron chi connectivity index (χ3n) is 3.80. The Hall–Kier alpha value is -1.57. The van der Waals surface area contributed by atoms with E-state index >= 15 is 0 Å². The lowest BCUT2D eigenvalue weighted by atomic mass is 10.1. The van der Waals surface area contributed by atoms with Crippen LogP contribution in [0.3, 0.4) is 0 Å². The second-order valence-corrected chi connectivity index (χ2v) is 6.19. The molecule has 2 aliphatic heterocycles. The molecule has 2 aliphatic rings. The number of hydrogen-bond donors (Lipinski definition) is 0. The first-order chi connectivity index (χ1) is 10.3. The van der Waals surface area contributed by atoms with Crippen LogP contribution in [0, 0.1) is 0 Å². The summed E-state index contributed by atoms with van der Waals surface area (Å²) in [5.74, 6) is -0.435. The van der Waals surface area contributed by atoms with E-state index in [2.05, 4.69) is 20.1 Å². The molecule has 2 saturated heterocycles. The highest BCUT2D eigenvalue weighted by atomic mass is 32.1. The molecule has 2 fully saturated rings. The molecule has 0 amide bonds. The Morgan fingerprint density at radius 1 is 1.19 bits per heavy atom. The van der Waals surface area contributed by atoms with Crippen molar-refractivity contribution >= 4 is 16.5 Å². The minimum atomic E-state index is -0.435. The molecule has 7 heteroatoms. The molecular formula is C14H16N4O2S. The summed E-state index contributed by atoms with van der Waals surface area (Å²) in [7, 11) is 0. The first kappa shape index (κ1) is 13.1. The van der Waals surface area contributed by atoms with Crippen LogP contribution in [0.2, 0.25) is 0 Å². The molecule has 4 heterocycles. The molecule has 21 heavy (non-hydrogen) atoms. The fourth-order valence-corrected chi connectivity index (χ4v) is 3.67. The van der Waals surface area contributed by atoms with Gasteiger partial charge in [0.1, 0.15) is 5.69 Å². The van der Waals surface area contributed by atoms with Gasteiger partial charge in [-0.25, -0.2) is 0 Å². The maximum Gasteiger partial charge on any atom is 0.208 e. The second kappa shape index (κ2) is 5.32. The van der Waals surface area contributed by atoms with E-state index in [-0.39, 0.29) is 0 Å². The van der Waals surface area contributed by atoms with Crippen LogP contribution in [0.25, 0.3) is 10.7 Å². The zero-order chi connectivity index (χ0) is 14.1. The third kappa shape index (κ3) is 2.52. The molecule has 0 unspecified atom stereocenters. The summed E-state index contributed by atoms with van der Waals surface area (Å²) in [6.07, 6.45) is 3.76. The summed E-state index contributed by atoms with van der Waals surface area (Å²) in [6.45, 7) is 3.06. The summed E-state index contributed by atoms with van der Waals surface area (Å²) in [6, 6.07) is 5.80. The number of pyridine rings is 1. The minimum Gasteiger partial charge on any atom is -0.346 e. The average molecular weight is 304 g/mol. The lowest BCUT2D eigenvalue weighted by molar-refractivity contribution is -0.161. The quantitative estimate of drug-likeness (QED) is 0.845. The van der Waals surface area contributed by atoms with E-state index in [1.54, 1.807) is 17.5 Å². The van der Waals surface area contributed by atoms with Crippen molar-refractivity contribution in [2.75, 3.05) is 31.2 Å². The number of piperidine rings is 1. The molecule has 0 N–H and O–H groups in total. The Bertz CT molecular complexity index is 612.